The Labute approximate surface area is 187 Å². The van der Waals surface area contributed by atoms with E-state index >= 15 is 0 Å². The molecule has 3 heterocycles. The van der Waals surface area contributed by atoms with Crippen LogP contribution < -0.4 is 10.5 Å². The Morgan fingerprint density at radius 1 is 1.27 bits per heavy atom. The fraction of sp³-hybridized carbons (Fsp3) is 0.409. The van der Waals surface area contributed by atoms with Crippen molar-refractivity contribution in [3.05, 3.63) is 58.1 Å². The molecule has 2 atom stereocenters. The molecule has 1 saturated heterocycles. The highest BCUT2D eigenvalue weighted by molar-refractivity contribution is 5.90. The van der Waals surface area contributed by atoms with Gasteiger partial charge in [-0.1, -0.05) is 13.0 Å². The second-order valence-electron chi connectivity index (χ2n) is 7.90. The number of benzene rings is 1. The van der Waals surface area contributed by atoms with E-state index in [-0.39, 0.29) is 50.3 Å². The SMILES string of the molecule is CC[C@H](O)C(=O)N1CC=C(c2c(F)cc(N3C[C@H](Cn4occc4=O)OC3=O)cc2F)CC1. The Morgan fingerprint density at radius 2 is 2.00 bits per heavy atom. The van der Waals surface area contributed by atoms with Gasteiger partial charge in [-0.2, -0.15) is 4.74 Å². The summed E-state index contributed by atoms with van der Waals surface area (Å²) in [6.45, 7) is 2.03. The van der Waals surface area contributed by atoms with E-state index in [2.05, 4.69) is 0 Å². The first-order valence-electron chi connectivity index (χ1n) is 10.6. The van der Waals surface area contributed by atoms with Crippen LogP contribution in [-0.2, 0) is 16.1 Å². The zero-order valence-corrected chi connectivity index (χ0v) is 17.9. The molecule has 33 heavy (non-hydrogen) atoms. The van der Waals surface area contributed by atoms with Crippen molar-refractivity contribution in [1.82, 2.24) is 9.64 Å². The van der Waals surface area contributed by atoms with Gasteiger partial charge in [-0.15, -0.1) is 0 Å². The third-order valence-corrected chi connectivity index (χ3v) is 5.74. The molecule has 9 nitrogen and oxygen atoms in total. The number of cyclic esters (lactones) is 1. The molecule has 1 aromatic heterocycles. The van der Waals surface area contributed by atoms with Gasteiger partial charge in [-0.3, -0.25) is 14.5 Å². The largest absolute Gasteiger partial charge is 0.442 e. The fourth-order valence-electron chi connectivity index (χ4n) is 3.95. The number of aliphatic hydroxyl groups excluding tert-OH is 1. The first kappa shape index (κ1) is 22.7. The zero-order chi connectivity index (χ0) is 23.7. The van der Waals surface area contributed by atoms with Gasteiger partial charge in [0, 0.05) is 24.7 Å². The molecule has 11 heteroatoms. The van der Waals surface area contributed by atoms with E-state index in [0.717, 1.165) is 21.8 Å². The van der Waals surface area contributed by atoms with Gasteiger partial charge in [0.15, 0.2) is 0 Å². The highest BCUT2D eigenvalue weighted by Gasteiger charge is 2.34. The summed E-state index contributed by atoms with van der Waals surface area (Å²) in [5, 5.41) is 9.71. The zero-order valence-electron chi connectivity index (χ0n) is 17.9. The molecule has 2 aliphatic heterocycles. The van der Waals surface area contributed by atoms with Crippen LogP contribution in [0.5, 0.6) is 0 Å². The van der Waals surface area contributed by atoms with E-state index < -0.39 is 41.4 Å². The van der Waals surface area contributed by atoms with Crippen LogP contribution in [0, 0.1) is 11.6 Å². The van der Waals surface area contributed by atoms with Crippen molar-refractivity contribution in [2.75, 3.05) is 24.5 Å². The maximum atomic E-state index is 14.9. The summed E-state index contributed by atoms with van der Waals surface area (Å²) in [4.78, 5) is 38.5. The molecule has 1 aromatic carbocycles. The lowest BCUT2D eigenvalue weighted by Crippen LogP contribution is -2.41. The van der Waals surface area contributed by atoms with Crippen molar-refractivity contribution in [3.63, 3.8) is 0 Å². The quantitative estimate of drug-likeness (QED) is 0.704. The summed E-state index contributed by atoms with van der Waals surface area (Å²) in [6.07, 6.45) is 0.675. The lowest BCUT2D eigenvalue weighted by molar-refractivity contribution is -0.139. The van der Waals surface area contributed by atoms with Crippen molar-refractivity contribution in [2.45, 2.75) is 38.5 Å². The number of aliphatic hydroxyl groups is 1. The van der Waals surface area contributed by atoms with E-state index in [1.165, 1.54) is 17.2 Å². The van der Waals surface area contributed by atoms with Crippen LogP contribution in [0.4, 0.5) is 19.3 Å². The molecule has 0 spiro atoms. The fourth-order valence-corrected chi connectivity index (χ4v) is 3.95. The summed E-state index contributed by atoms with van der Waals surface area (Å²) < 4.78 is 41.1. The van der Waals surface area contributed by atoms with Gasteiger partial charge < -0.3 is 19.3 Å². The molecule has 2 aliphatic rings. The Bertz CT molecular complexity index is 1130. The third kappa shape index (κ3) is 4.54. The molecule has 0 bridgehead atoms. The molecular weight excluding hydrogens is 440 g/mol. The molecule has 0 unspecified atom stereocenters. The molecule has 176 valence electrons. The van der Waals surface area contributed by atoms with E-state index in [4.69, 9.17) is 9.26 Å². The van der Waals surface area contributed by atoms with Gasteiger partial charge in [0.05, 0.1) is 18.8 Å². The van der Waals surface area contributed by atoms with Crippen LogP contribution in [0.3, 0.4) is 0 Å². The average molecular weight is 463 g/mol. The van der Waals surface area contributed by atoms with Gasteiger partial charge in [0.1, 0.15) is 30.1 Å². The molecule has 4 rings (SSSR count). The molecule has 1 fully saturated rings. The van der Waals surface area contributed by atoms with E-state index in [0.29, 0.717) is 5.57 Å². The van der Waals surface area contributed by atoms with Crippen LogP contribution in [0.25, 0.3) is 5.57 Å². The predicted octanol–water partition coefficient (Wildman–Crippen LogP) is 2.13. The minimum Gasteiger partial charge on any atom is -0.442 e. The van der Waals surface area contributed by atoms with Crippen LogP contribution in [-0.4, -0.2) is 58.6 Å². The monoisotopic (exact) mass is 463 g/mol. The van der Waals surface area contributed by atoms with Crippen molar-refractivity contribution >= 4 is 23.3 Å². The molecule has 2 aromatic rings. The van der Waals surface area contributed by atoms with Crippen molar-refractivity contribution in [1.29, 1.82) is 0 Å². The van der Waals surface area contributed by atoms with Crippen molar-refractivity contribution < 1.29 is 32.7 Å². The Kier molecular flexibility index (Phi) is 6.32. The molecule has 0 radical (unpaired) electrons. The minimum atomic E-state index is -1.09. The lowest BCUT2D eigenvalue weighted by atomic mass is 9.97. The number of carbonyl (C=O) groups is 2. The van der Waals surface area contributed by atoms with Crippen molar-refractivity contribution in [3.8, 4) is 0 Å². The predicted molar refractivity (Wildman–Crippen MR) is 112 cm³/mol. The van der Waals surface area contributed by atoms with E-state index in [1.54, 1.807) is 13.0 Å². The Morgan fingerprint density at radius 3 is 2.58 bits per heavy atom. The molecule has 0 aliphatic carbocycles. The summed E-state index contributed by atoms with van der Waals surface area (Å²) >= 11 is 0. The molecular formula is C22H23F2N3O6. The van der Waals surface area contributed by atoms with Gasteiger partial charge in [-0.25, -0.2) is 13.6 Å². The number of hydrogen-bond acceptors (Lipinski definition) is 6. The Hall–Kier alpha value is -3.47. The normalized spacial score (nSPS) is 19.5. The third-order valence-electron chi connectivity index (χ3n) is 5.74. The van der Waals surface area contributed by atoms with Gasteiger partial charge in [0.2, 0.25) is 0 Å². The number of halogens is 2. The number of ether oxygens (including phenoxy) is 1. The first-order valence-corrected chi connectivity index (χ1v) is 10.6. The van der Waals surface area contributed by atoms with Crippen LogP contribution in [0.2, 0.25) is 0 Å². The van der Waals surface area contributed by atoms with Gasteiger partial charge >= 0.3 is 6.09 Å². The topological polar surface area (TPSA) is 105 Å². The van der Waals surface area contributed by atoms with E-state index in [1.807, 2.05) is 0 Å². The molecule has 1 N–H and O–H groups in total. The minimum absolute atomic E-state index is 0.00711. The van der Waals surface area contributed by atoms with Gasteiger partial charge in [0.25, 0.3) is 11.5 Å². The van der Waals surface area contributed by atoms with Gasteiger partial charge in [-0.05, 0) is 30.5 Å². The summed E-state index contributed by atoms with van der Waals surface area (Å²) in [5.41, 5.74) is -0.206. The van der Waals surface area contributed by atoms with Crippen LogP contribution in [0.1, 0.15) is 25.3 Å². The number of aromatic nitrogens is 1. The molecule has 2 amide bonds. The van der Waals surface area contributed by atoms with E-state index in [9.17, 15) is 28.3 Å². The summed E-state index contributed by atoms with van der Waals surface area (Å²) in [7, 11) is 0. The maximum Gasteiger partial charge on any atom is 0.414 e. The number of amides is 2. The lowest BCUT2D eigenvalue weighted by Gasteiger charge is -2.28. The number of anilines is 1. The highest BCUT2D eigenvalue weighted by Crippen LogP contribution is 2.32. The average Bonchev–Trinajstić information content (AvgIpc) is 3.37. The van der Waals surface area contributed by atoms with Crippen LogP contribution in [0.15, 0.2) is 39.9 Å². The summed E-state index contributed by atoms with van der Waals surface area (Å²) in [5.74, 6) is -2.10. The van der Waals surface area contributed by atoms with Crippen molar-refractivity contribution in [2.24, 2.45) is 0 Å². The smallest absolute Gasteiger partial charge is 0.414 e. The number of carbonyl (C=O) groups excluding carboxylic acids is 2. The Balaban J connectivity index is 1.49. The molecule has 0 saturated carbocycles. The standard InChI is InChI=1S/C22H23F2N3O6/c1-2-18(28)21(30)25-6-3-13(4-7-25)20-16(23)9-14(10-17(20)24)26-11-15(33-22(26)31)12-27-19(29)5-8-32-27/h3,5,8-10,15,18,28H,2,4,6-7,11-12H2,1H3/t15-,18+/m1/s1. The summed E-state index contributed by atoms with van der Waals surface area (Å²) in [6, 6.07) is 3.33. The second-order valence-corrected chi connectivity index (χ2v) is 7.90. The highest BCUT2D eigenvalue weighted by atomic mass is 19.1. The second kappa shape index (κ2) is 9.18. The number of nitrogens with zero attached hydrogens (tertiary/aromatic N) is 3. The first-order chi connectivity index (χ1) is 15.8. The maximum absolute atomic E-state index is 14.9. The number of rotatable bonds is 6. The number of hydrogen-bond donors (Lipinski definition) is 1. The van der Waals surface area contributed by atoms with Crippen LogP contribution >= 0.6 is 0 Å².